The summed E-state index contributed by atoms with van der Waals surface area (Å²) in [6.07, 6.45) is -0.894. The smallest absolute Gasteiger partial charge is 0.354 e. The molecule has 0 heterocycles. The molecule has 134 valence electrons. The van der Waals surface area contributed by atoms with Gasteiger partial charge in [0.25, 0.3) is 0 Å². The van der Waals surface area contributed by atoms with Gasteiger partial charge in [0.2, 0.25) is 11.3 Å². The molecule has 1 aromatic carbocycles. The number of hydrogen-bond acceptors (Lipinski definition) is 8. The number of carbonyl (C=O) groups is 4. The number of nitrogens with one attached hydrogen (secondary N) is 1. The van der Waals surface area contributed by atoms with Crippen LogP contribution in [0.15, 0.2) is 24.3 Å². The predicted octanol–water partition coefficient (Wildman–Crippen LogP) is -1.37. The first-order valence-corrected chi connectivity index (χ1v) is 6.97. The fraction of sp³-hybridized carbons (Fsp3) is 0.267. The van der Waals surface area contributed by atoms with E-state index in [2.05, 4.69) is 9.57 Å². The van der Waals surface area contributed by atoms with Crippen molar-refractivity contribution in [3.05, 3.63) is 35.4 Å². The topological polar surface area (TPSA) is 189 Å². The molecule has 1 aromatic rings. The molecule has 1 amide bonds. The summed E-state index contributed by atoms with van der Waals surface area (Å²) >= 11 is 0. The van der Waals surface area contributed by atoms with Crippen molar-refractivity contribution in [1.82, 2.24) is 0 Å². The minimum absolute atomic E-state index is 0.103. The second-order valence-corrected chi connectivity index (χ2v) is 5.03. The average Bonchev–Trinajstić information content (AvgIpc) is 2.60. The SMILES string of the molecule is COC(=O)C(C(=O)CCC(N)=O)(C(=O)ON)c1ccc(C(=N)N)cc1. The van der Waals surface area contributed by atoms with Gasteiger partial charge in [0.15, 0.2) is 5.78 Å². The second kappa shape index (κ2) is 8.02. The molecule has 0 saturated carbocycles. The molecule has 25 heavy (non-hydrogen) atoms. The molecular formula is C15H18N4O6. The third kappa shape index (κ3) is 3.80. The third-order valence-electron chi connectivity index (χ3n) is 3.55. The summed E-state index contributed by atoms with van der Waals surface area (Å²) in [4.78, 5) is 52.4. The molecular weight excluding hydrogens is 332 g/mol. The standard InChI is InChI=1S/C15H18N4O6/c1-24-13(22)15(14(23)25-19,10(20)6-7-11(16)21)9-4-2-8(3-5-9)12(17)18/h2-5H,6-7,19H2,1H3,(H2,16,21)(H3,17,18). The van der Waals surface area contributed by atoms with Crippen LogP contribution in [-0.4, -0.2) is 36.6 Å². The zero-order chi connectivity index (χ0) is 19.2. The van der Waals surface area contributed by atoms with Crippen LogP contribution >= 0.6 is 0 Å². The minimum atomic E-state index is -2.52. The number of rotatable bonds is 8. The number of ether oxygens (including phenoxy) is 1. The molecule has 0 aliphatic carbocycles. The number of methoxy groups -OCH3 is 1. The van der Waals surface area contributed by atoms with Crippen molar-refractivity contribution in [1.29, 1.82) is 5.41 Å². The molecule has 0 radical (unpaired) electrons. The number of carbonyl (C=O) groups excluding carboxylic acids is 4. The maximum absolute atomic E-state index is 12.7. The van der Waals surface area contributed by atoms with Crippen LogP contribution < -0.4 is 17.4 Å². The van der Waals surface area contributed by atoms with Gasteiger partial charge in [-0.3, -0.25) is 15.0 Å². The van der Waals surface area contributed by atoms with Crippen LogP contribution in [0.4, 0.5) is 0 Å². The third-order valence-corrected chi connectivity index (χ3v) is 3.55. The fourth-order valence-corrected chi connectivity index (χ4v) is 2.27. The Morgan fingerprint density at radius 2 is 1.60 bits per heavy atom. The summed E-state index contributed by atoms with van der Waals surface area (Å²) in [7, 11) is 0.978. The molecule has 7 N–H and O–H groups in total. The van der Waals surface area contributed by atoms with Crippen molar-refractivity contribution in [3.63, 3.8) is 0 Å². The summed E-state index contributed by atoms with van der Waals surface area (Å²) in [5.74, 6) is 0.292. The Morgan fingerprint density at radius 3 is 2.00 bits per heavy atom. The van der Waals surface area contributed by atoms with Crippen molar-refractivity contribution in [2.75, 3.05) is 7.11 Å². The van der Waals surface area contributed by atoms with Crippen molar-refractivity contribution in [2.45, 2.75) is 18.3 Å². The van der Waals surface area contributed by atoms with Crippen molar-refractivity contribution >= 4 is 29.5 Å². The van der Waals surface area contributed by atoms with Crippen LogP contribution in [0.25, 0.3) is 0 Å². The largest absolute Gasteiger partial charge is 0.468 e. The lowest BCUT2D eigenvalue weighted by Crippen LogP contribution is -2.53. The highest BCUT2D eigenvalue weighted by Crippen LogP contribution is 2.31. The van der Waals surface area contributed by atoms with E-state index in [9.17, 15) is 19.2 Å². The maximum Gasteiger partial charge on any atom is 0.354 e. The van der Waals surface area contributed by atoms with Gasteiger partial charge in [0.05, 0.1) is 7.11 Å². The van der Waals surface area contributed by atoms with E-state index in [0.717, 1.165) is 7.11 Å². The van der Waals surface area contributed by atoms with E-state index < -0.39 is 35.5 Å². The van der Waals surface area contributed by atoms with E-state index >= 15 is 0 Å². The van der Waals surface area contributed by atoms with Gasteiger partial charge < -0.3 is 21.0 Å². The number of ketones is 1. The zero-order valence-corrected chi connectivity index (χ0v) is 13.4. The van der Waals surface area contributed by atoms with Crippen LogP contribution in [0.3, 0.4) is 0 Å². The average molecular weight is 350 g/mol. The number of benzene rings is 1. The Kier molecular flexibility index (Phi) is 6.34. The van der Waals surface area contributed by atoms with Gasteiger partial charge in [-0.2, -0.15) is 5.90 Å². The lowest BCUT2D eigenvalue weighted by Gasteiger charge is -2.27. The molecule has 0 aliphatic rings. The van der Waals surface area contributed by atoms with Crippen molar-refractivity contribution < 1.29 is 28.8 Å². The Morgan fingerprint density at radius 1 is 1.04 bits per heavy atom. The molecule has 0 fully saturated rings. The van der Waals surface area contributed by atoms with E-state index in [1.807, 2.05) is 0 Å². The van der Waals surface area contributed by atoms with E-state index in [1.54, 1.807) is 0 Å². The normalized spacial score (nSPS) is 12.6. The molecule has 0 bridgehead atoms. The Bertz CT molecular complexity index is 697. The van der Waals surface area contributed by atoms with E-state index in [4.69, 9.17) is 22.8 Å². The van der Waals surface area contributed by atoms with Gasteiger partial charge in [-0.1, -0.05) is 24.3 Å². The number of amidine groups is 1. The van der Waals surface area contributed by atoms with E-state index in [0.29, 0.717) is 5.56 Å². The van der Waals surface area contributed by atoms with Gasteiger partial charge in [0, 0.05) is 18.4 Å². The molecule has 0 aliphatic heterocycles. The number of Topliss-reactive ketones (excluding diaryl/α,β-unsaturated/α-hetero) is 1. The van der Waals surface area contributed by atoms with Gasteiger partial charge in [-0.15, -0.1) is 0 Å². The second-order valence-electron chi connectivity index (χ2n) is 5.03. The lowest BCUT2D eigenvalue weighted by molar-refractivity contribution is -0.167. The van der Waals surface area contributed by atoms with Crippen LogP contribution in [0, 0.1) is 5.41 Å². The molecule has 0 aromatic heterocycles. The lowest BCUT2D eigenvalue weighted by atomic mass is 9.75. The van der Waals surface area contributed by atoms with Crippen LogP contribution in [-0.2, 0) is 34.2 Å². The highest BCUT2D eigenvalue weighted by Gasteiger charge is 2.56. The first-order valence-electron chi connectivity index (χ1n) is 6.97. The monoisotopic (exact) mass is 350 g/mol. The van der Waals surface area contributed by atoms with Gasteiger partial charge in [0.1, 0.15) is 5.84 Å². The first-order chi connectivity index (χ1) is 11.7. The van der Waals surface area contributed by atoms with Crippen LogP contribution in [0.1, 0.15) is 24.0 Å². The molecule has 10 heteroatoms. The number of hydrogen-bond donors (Lipinski definition) is 4. The Labute approximate surface area is 142 Å². The maximum atomic E-state index is 12.7. The number of primary amides is 1. The summed E-state index contributed by atoms with van der Waals surface area (Å²) < 4.78 is 4.60. The van der Waals surface area contributed by atoms with Crippen molar-refractivity contribution in [2.24, 2.45) is 17.4 Å². The van der Waals surface area contributed by atoms with Gasteiger partial charge in [-0.25, -0.2) is 9.59 Å². The fourth-order valence-electron chi connectivity index (χ4n) is 2.27. The number of esters is 1. The number of nitrogen functional groups attached to an aromatic ring is 1. The molecule has 1 unspecified atom stereocenters. The molecule has 10 nitrogen and oxygen atoms in total. The van der Waals surface area contributed by atoms with Crippen molar-refractivity contribution in [3.8, 4) is 0 Å². The highest BCUT2D eigenvalue weighted by atomic mass is 16.7. The Hall–Kier alpha value is -3.27. The summed E-state index contributed by atoms with van der Waals surface area (Å²) in [5, 5.41) is 7.36. The quantitative estimate of drug-likeness (QED) is 0.145. The first kappa shape index (κ1) is 19.8. The van der Waals surface area contributed by atoms with E-state index in [1.165, 1.54) is 24.3 Å². The molecule has 1 atom stereocenters. The predicted molar refractivity (Wildman–Crippen MR) is 84.9 cm³/mol. The number of nitrogens with two attached hydrogens (primary N) is 3. The number of amides is 1. The summed E-state index contributed by atoms with van der Waals surface area (Å²) in [6, 6.07) is 5.15. The molecule has 0 spiro atoms. The van der Waals surface area contributed by atoms with Crippen LogP contribution in [0.5, 0.6) is 0 Å². The zero-order valence-electron chi connectivity index (χ0n) is 13.4. The summed E-state index contributed by atoms with van der Waals surface area (Å²) in [6.45, 7) is 0. The minimum Gasteiger partial charge on any atom is -0.468 e. The molecule has 0 saturated heterocycles. The van der Waals surface area contributed by atoms with Gasteiger partial charge >= 0.3 is 11.9 Å². The van der Waals surface area contributed by atoms with Gasteiger partial charge in [-0.05, 0) is 5.56 Å². The van der Waals surface area contributed by atoms with Crippen LogP contribution in [0.2, 0.25) is 0 Å². The molecule has 1 rings (SSSR count). The highest BCUT2D eigenvalue weighted by molar-refractivity contribution is 6.26. The summed E-state index contributed by atoms with van der Waals surface area (Å²) in [5.41, 5.74) is 8.03. The van der Waals surface area contributed by atoms with E-state index in [-0.39, 0.29) is 17.8 Å². The Balaban J connectivity index is 3.55.